The number of hydrogen-bond acceptors (Lipinski definition) is 2. The normalized spacial score (nSPS) is 20.1. The Hall–Kier alpha value is -1.00. The van der Waals surface area contributed by atoms with Crippen LogP contribution in [0.2, 0.25) is 5.02 Å². The predicted molar refractivity (Wildman–Crippen MR) is 77.7 cm³/mol. The van der Waals surface area contributed by atoms with Crippen LogP contribution in [-0.4, -0.2) is 41.6 Å². The fraction of sp³-hybridized carbons (Fsp3) is 0.643. The second-order valence-electron chi connectivity index (χ2n) is 5.08. The first-order valence-corrected chi connectivity index (χ1v) is 7.34. The molecule has 0 radical (unpaired) electrons. The highest BCUT2D eigenvalue weighted by Crippen LogP contribution is 2.19. The highest BCUT2D eigenvalue weighted by Gasteiger charge is 2.24. The molecule has 19 heavy (non-hydrogen) atoms. The van der Waals surface area contributed by atoms with E-state index in [9.17, 15) is 4.79 Å². The van der Waals surface area contributed by atoms with Crippen molar-refractivity contribution in [2.75, 3.05) is 20.1 Å². The molecule has 0 spiro atoms. The lowest BCUT2D eigenvalue weighted by atomic mass is 10.1. The molecule has 0 aromatic carbocycles. The summed E-state index contributed by atoms with van der Waals surface area (Å²) in [5, 5.41) is 4.00. The molecular formula is C14H22ClN3O. The number of nitrogens with zero attached hydrogens (tertiary/aromatic N) is 2. The number of aromatic nitrogens is 1. The third-order valence-electron chi connectivity index (χ3n) is 3.84. The van der Waals surface area contributed by atoms with Gasteiger partial charge in [0.2, 0.25) is 0 Å². The van der Waals surface area contributed by atoms with Gasteiger partial charge in [-0.2, -0.15) is 0 Å². The lowest BCUT2D eigenvalue weighted by Gasteiger charge is -2.27. The zero-order valence-corrected chi connectivity index (χ0v) is 12.4. The quantitative estimate of drug-likeness (QED) is 0.925. The predicted octanol–water partition coefficient (Wildman–Crippen LogP) is 2.38. The van der Waals surface area contributed by atoms with E-state index >= 15 is 0 Å². The van der Waals surface area contributed by atoms with Gasteiger partial charge < -0.3 is 14.8 Å². The van der Waals surface area contributed by atoms with Gasteiger partial charge in [-0.15, -0.1) is 0 Å². The lowest BCUT2D eigenvalue weighted by molar-refractivity contribution is 0.0709. The molecule has 5 heteroatoms. The summed E-state index contributed by atoms with van der Waals surface area (Å²) < 4.78 is 1.91. The summed E-state index contributed by atoms with van der Waals surface area (Å²) in [5.41, 5.74) is 0.687. The standard InChI is InChI=1S/C14H22ClN3O/c1-3-18-10-11(15)9-13(18)14(19)17(2)12-5-4-7-16-8-6-12/h9-10,12,16H,3-8H2,1-2H3. The first-order chi connectivity index (χ1) is 9.13. The maximum Gasteiger partial charge on any atom is 0.270 e. The minimum Gasteiger partial charge on any atom is -0.342 e. The van der Waals surface area contributed by atoms with Gasteiger partial charge in [0.15, 0.2) is 0 Å². The smallest absolute Gasteiger partial charge is 0.270 e. The molecule has 1 aliphatic heterocycles. The number of carbonyl (C=O) groups excluding carboxylic acids is 1. The van der Waals surface area contributed by atoms with Gasteiger partial charge in [-0.25, -0.2) is 0 Å². The van der Waals surface area contributed by atoms with Crippen LogP contribution in [0.15, 0.2) is 12.3 Å². The Balaban J connectivity index is 2.13. The number of amides is 1. The van der Waals surface area contributed by atoms with Crippen LogP contribution < -0.4 is 5.32 Å². The zero-order valence-electron chi connectivity index (χ0n) is 11.7. The van der Waals surface area contributed by atoms with Crippen molar-refractivity contribution in [1.82, 2.24) is 14.8 Å². The van der Waals surface area contributed by atoms with E-state index in [1.54, 1.807) is 6.07 Å². The van der Waals surface area contributed by atoms with Crippen molar-refractivity contribution >= 4 is 17.5 Å². The van der Waals surface area contributed by atoms with E-state index in [1.165, 1.54) is 0 Å². The average molecular weight is 284 g/mol. The molecule has 1 aromatic heterocycles. The lowest BCUT2D eigenvalue weighted by Crippen LogP contribution is -2.38. The van der Waals surface area contributed by atoms with Gasteiger partial charge in [-0.1, -0.05) is 11.6 Å². The topological polar surface area (TPSA) is 37.3 Å². The van der Waals surface area contributed by atoms with Crippen LogP contribution >= 0.6 is 11.6 Å². The fourth-order valence-corrected chi connectivity index (χ4v) is 2.87. The van der Waals surface area contributed by atoms with Crippen LogP contribution in [0.25, 0.3) is 0 Å². The minimum atomic E-state index is 0.0700. The summed E-state index contributed by atoms with van der Waals surface area (Å²) >= 11 is 6.00. The molecule has 2 rings (SSSR count). The summed E-state index contributed by atoms with van der Waals surface area (Å²) in [5.74, 6) is 0.0700. The van der Waals surface area contributed by atoms with E-state index in [-0.39, 0.29) is 5.91 Å². The van der Waals surface area contributed by atoms with Crippen molar-refractivity contribution in [2.24, 2.45) is 0 Å². The van der Waals surface area contributed by atoms with E-state index in [1.807, 2.05) is 29.6 Å². The second-order valence-corrected chi connectivity index (χ2v) is 5.52. The highest BCUT2D eigenvalue weighted by molar-refractivity contribution is 6.31. The molecule has 4 nitrogen and oxygen atoms in total. The molecule has 1 amide bonds. The molecule has 1 aliphatic rings. The number of aryl methyl sites for hydroxylation is 1. The second kappa shape index (κ2) is 6.44. The van der Waals surface area contributed by atoms with Crippen LogP contribution in [0.5, 0.6) is 0 Å². The zero-order chi connectivity index (χ0) is 13.8. The molecular weight excluding hydrogens is 262 g/mol. The van der Waals surface area contributed by atoms with E-state index in [0.717, 1.165) is 38.9 Å². The van der Waals surface area contributed by atoms with Crippen molar-refractivity contribution in [3.05, 3.63) is 23.0 Å². The van der Waals surface area contributed by atoms with Crippen molar-refractivity contribution in [2.45, 2.75) is 38.8 Å². The molecule has 1 saturated heterocycles. The van der Waals surface area contributed by atoms with E-state index < -0.39 is 0 Å². The summed E-state index contributed by atoms with van der Waals surface area (Å²) in [7, 11) is 1.90. The van der Waals surface area contributed by atoms with Crippen LogP contribution in [0.4, 0.5) is 0 Å². The average Bonchev–Trinajstić information content (AvgIpc) is 2.63. The van der Waals surface area contributed by atoms with Crippen molar-refractivity contribution in [3.63, 3.8) is 0 Å². The maximum absolute atomic E-state index is 12.6. The largest absolute Gasteiger partial charge is 0.342 e. The molecule has 2 heterocycles. The van der Waals surface area contributed by atoms with E-state index in [4.69, 9.17) is 11.6 Å². The Kier molecular flexibility index (Phi) is 4.88. The van der Waals surface area contributed by atoms with Crippen molar-refractivity contribution in [1.29, 1.82) is 0 Å². The number of nitrogens with one attached hydrogen (secondary N) is 1. The molecule has 1 unspecified atom stereocenters. The van der Waals surface area contributed by atoms with Gasteiger partial charge in [0.1, 0.15) is 5.69 Å². The first-order valence-electron chi connectivity index (χ1n) is 6.97. The number of halogens is 1. The SMILES string of the molecule is CCn1cc(Cl)cc1C(=O)N(C)C1CCCNCC1. The summed E-state index contributed by atoms with van der Waals surface area (Å²) in [6, 6.07) is 2.08. The van der Waals surface area contributed by atoms with Crippen LogP contribution in [0, 0.1) is 0 Å². The fourth-order valence-electron chi connectivity index (χ4n) is 2.65. The van der Waals surface area contributed by atoms with Gasteiger partial charge in [-0.3, -0.25) is 4.79 Å². The Morgan fingerprint density at radius 2 is 2.32 bits per heavy atom. The summed E-state index contributed by atoms with van der Waals surface area (Å²) in [4.78, 5) is 14.5. The maximum atomic E-state index is 12.6. The third-order valence-corrected chi connectivity index (χ3v) is 4.04. The molecule has 1 N–H and O–H groups in total. The molecule has 0 aliphatic carbocycles. The molecule has 1 fully saturated rings. The molecule has 1 aromatic rings. The molecule has 0 saturated carbocycles. The minimum absolute atomic E-state index is 0.0700. The first kappa shape index (κ1) is 14.4. The van der Waals surface area contributed by atoms with Gasteiger partial charge in [0.25, 0.3) is 5.91 Å². The highest BCUT2D eigenvalue weighted by atomic mass is 35.5. The summed E-state index contributed by atoms with van der Waals surface area (Å²) in [6.07, 6.45) is 5.02. The van der Waals surface area contributed by atoms with Gasteiger partial charge >= 0.3 is 0 Å². The Morgan fingerprint density at radius 1 is 1.53 bits per heavy atom. The van der Waals surface area contributed by atoms with Gasteiger partial charge in [0, 0.05) is 25.8 Å². The Bertz CT molecular complexity index is 436. The monoisotopic (exact) mass is 283 g/mol. The van der Waals surface area contributed by atoms with E-state index in [0.29, 0.717) is 16.8 Å². The van der Waals surface area contributed by atoms with Crippen LogP contribution in [-0.2, 0) is 6.54 Å². The van der Waals surface area contributed by atoms with Crippen LogP contribution in [0.3, 0.4) is 0 Å². The summed E-state index contributed by atoms with van der Waals surface area (Å²) in [6.45, 7) is 4.81. The number of rotatable bonds is 3. The van der Waals surface area contributed by atoms with Gasteiger partial charge in [0.05, 0.1) is 5.02 Å². The molecule has 0 bridgehead atoms. The molecule has 106 valence electrons. The molecule has 1 atom stereocenters. The number of carbonyl (C=O) groups is 1. The van der Waals surface area contributed by atoms with Crippen molar-refractivity contribution < 1.29 is 4.79 Å². The van der Waals surface area contributed by atoms with Gasteiger partial charge in [-0.05, 0) is 45.3 Å². The van der Waals surface area contributed by atoms with Crippen molar-refractivity contribution in [3.8, 4) is 0 Å². The van der Waals surface area contributed by atoms with E-state index in [2.05, 4.69) is 5.32 Å². The third kappa shape index (κ3) is 3.31. The Morgan fingerprint density at radius 3 is 3.05 bits per heavy atom. The van der Waals surface area contributed by atoms with Crippen LogP contribution in [0.1, 0.15) is 36.7 Å². The Labute approximate surface area is 119 Å². The number of hydrogen-bond donors (Lipinski definition) is 1.